The van der Waals surface area contributed by atoms with E-state index >= 15 is 0 Å². The topological polar surface area (TPSA) is 99.8 Å². The molecular formula is C26H22N8. The number of nitrogens with two attached hydrogens (primary N) is 1. The summed E-state index contributed by atoms with van der Waals surface area (Å²) in [5.74, 6) is 0. The third-order valence-electron chi connectivity index (χ3n) is 5.77. The molecule has 0 aliphatic rings. The van der Waals surface area contributed by atoms with E-state index in [2.05, 4.69) is 14.5 Å². The molecule has 34 heavy (non-hydrogen) atoms. The van der Waals surface area contributed by atoms with Crippen molar-refractivity contribution in [2.75, 3.05) is 6.54 Å². The predicted molar refractivity (Wildman–Crippen MR) is 132 cm³/mol. The second kappa shape index (κ2) is 8.17. The fourth-order valence-corrected chi connectivity index (χ4v) is 4.16. The van der Waals surface area contributed by atoms with Crippen molar-refractivity contribution in [3.8, 4) is 33.9 Å². The summed E-state index contributed by atoms with van der Waals surface area (Å²) in [5, 5.41) is 4.38. The summed E-state index contributed by atoms with van der Waals surface area (Å²) in [6, 6.07) is 18.0. The van der Waals surface area contributed by atoms with Crippen molar-refractivity contribution in [3.63, 3.8) is 0 Å². The maximum Gasteiger partial charge on any atom is 0.138 e. The lowest BCUT2D eigenvalue weighted by molar-refractivity contribution is 0.625. The number of hydrogen-bond acceptors (Lipinski definition) is 6. The zero-order valence-electron chi connectivity index (χ0n) is 18.6. The van der Waals surface area contributed by atoms with E-state index in [1.54, 1.807) is 0 Å². The van der Waals surface area contributed by atoms with Crippen LogP contribution in [0.25, 0.3) is 50.6 Å². The first-order valence-corrected chi connectivity index (χ1v) is 11.1. The van der Waals surface area contributed by atoms with Crippen molar-refractivity contribution < 1.29 is 0 Å². The Hall–Kier alpha value is -4.43. The molecule has 166 valence electrons. The summed E-state index contributed by atoms with van der Waals surface area (Å²) in [7, 11) is 0. The van der Waals surface area contributed by atoms with Crippen LogP contribution in [-0.2, 0) is 6.54 Å². The van der Waals surface area contributed by atoms with Crippen molar-refractivity contribution in [1.29, 1.82) is 0 Å². The molecule has 0 bridgehead atoms. The number of nitrogens with zero attached hydrogens (tertiary/aromatic N) is 7. The summed E-state index contributed by atoms with van der Waals surface area (Å²) >= 11 is 0. The van der Waals surface area contributed by atoms with Gasteiger partial charge in [-0.2, -0.15) is 5.10 Å². The normalized spacial score (nSPS) is 11.5. The lowest BCUT2D eigenvalue weighted by atomic mass is 10.1. The minimum atomic E-state index is 0.541. The molecule has 0 saturated carbocycles. The smallest absolute Gasteiger partial charge is 0.138 e. The number of aryl methyl sites for hydroxylation is 1. The average molecular weight is 447 g/mol. The molecule has 0 radical (unpaired) electrons. The third-order valence-corrected chi connectivity index (χ3v) is 5.77. The molecule has 0 spiro atoms. The molecule has 0 aliphatic heterocycles. The van der Waals surface area contributed by atoms with Gasteiger partial charge < -0.3 is 5.73 Å². The van der Waals surface area contributed by atoms with Crippen LogP contribution in [0.4, 0.5) is 0 Å². The summed E-state index contributed by atoms with van der Waals surface area (Å²) in [6.45, 7) is 3.20. The van der Waals surface area contributed by atoms with Crippen LogP contribution in [-0.4, -0.2) is 40.7 Å². The van der Waals surface area contributed by atoms with E-state index in [1.807, 2.05) is 91.0 Å². The van der Waals surface area contributed by atoms with E-state index in [1.165, 1.54) is 0 Å². The van der Waals surface area contributed by atoms with Crippen LogP contribution in [0.1, 0.15) is 5.69 Å². The molecule has 6 aromatic rings. The predicted octanol–water partition coefficient (Wildman–Crippen LogP) is 4.14. The van der Waals surface area contributed by atoms with Crippen molar-refractivity contribution in [2.45, 2.75) is 13.5 Å². The van der Waals surface area contributed by atoms with Gasteiger partial charge in [-0.05, 0) is 49.4 Å². The van der Waals surface area contributed by atoms with Gasteiger partial charge in [-0.1, -0.05) is 12.1 Å². The molecule has 0 aromatic carbocycles. The summed E-state index contributed by atoms with van der Waals surface area (Å²) < 4.78 is 3.89. The molecule has 8 heteroatoms. The van der Waals surface area contributed by atoms with Crippen LogP contribution in [0.3, 0.4) is 0 Å². The molecule has 0 fully saturated rings. The Labute approximate surface area is 195 Å². The van der Waals surface area contributed by atoms with E-state index in [0.717, 1.165) is 56.3 Å². The SMILES string of the molecule is Cc1cccc(-c2nc3ccccn3c2-c2ccc3ncc(-c4cnn(CCN)c4)cc3n2)n1. The highest BCUT2D eigenvalue weighted by atomic mass is 15.3. The van der Waals surface area contributed by atoms with Crippen LogP contribution in [0.5, 0.6) is 0 Å². The minimum absolute atomic E-state index is 0.541. The fourth-order valence-electron chi connectivity index (χ4n) is 4.16. The Bertz CT molecular complexity index is 1650. The van der Waals surface area contributed by atoms with Gasteiger partial charge in [0.2, 0.25) is 0 Å². The standard InChI is InChI=1S/C26H22N8/c1-17-5-4-6-21(30-17)25-26(34-11-3-2-7-24(34)32-25)22-9-8-20-23(31-22)13-18(14-28-20)19-15-29-33(16-19)12-10-27/h2-9,11,13-16H,10,12,27H2,1H3. The molecule has 0 aliphatic carbocycles. The Morgan fingerprint density at radius 3 is 2.68 bits per heavy atom. The Kier molecular flexibility index (Phi) is 4.85. The first-order chi connectivity index (χ1) is 16.7. The van der Waals surface area contributed by atoms with Gasteiger partial charge in [-0.15, -0.1) is 0 Å². The number of pyridine rings is 4. The van der Waals surface area contributed by atoms with Gasteiger partial charge >= 0.3 is 0 Å². The van der Waals surface area contributed by atoms with Crippen LogP contribution in [0, 0.1) is 6.92 Å². The molecule has 2 N–H and O–H groups in total. The minimum Gasteiger partial charge on any atom is -0.329 e. The number of aromatic nitrogens is 7. The van der Waals surface area contributed by atoms with Gasteiger partial charge in [0.15, 0.2) is 0 Å². The molecule has 0 atom stereocenters. The van der Waals surface area contributed by atoms with Crippen molar-refractivity contribution in [2.24, 2.45) is 5.73 Å². The lowest BCUT2D eigenvalue weighted by Crippen LogP contribution is -2.09. The van der Waals surface area contributed by atoms with Gasteiger partial charge in [-0.3, -0.25) is 19.1 Å². The van der Waals surface area contributed by atoms with Crippen LogP contribution in [0.15, 0.2) is 79.4 Å². The van der Waals surface area contributed by atoms with Crippen molar-refractivity contribution in [3.05, 3.63) is 85.1 Å². The molecule has 0 saturated heterocycles. The number of fused-ring (bicyclic) bond motifs is 2. The second-order valence-electron chi connectivity index (χ2n) is 8.14. The summed E-state index contributed by atoms with van der Waals surface area (Å²) in [4.78, 5) is 19.3. The number of rotatable bonds is 5. The zero-order valence-corrected chi connectivity index (χ0v) is 18.6. The highest BCUT2D eigenvalue weighted by Crippen LogP contribution is 2.32. The monoisotopic (exact) mass is 446 g/mol. The van der Waals surface area contributed by atoms with Gasteiger partial charge in [0, 0.05) is 42.0 Å². The fraction of sp³-hybridized carbons (Fsp3) is 0.115. The van der Waals surface area contributed by atoms with Gasteiger partial charge in [0.05, 0.1) is 35.2 Å². The highest BCUT2D eigenvalue weighted by molar-refractivity contribution is 5.85. The highest BCUT2D eigenvalue weighted by Gasteiger charge is 2.18. The van der Waals surface area contributed by atoms with Crippen molar-refractivity contribution in [1.82, 2.24) is 34.1 Å². The maximum atomic E-state index is 5.65. The Morgan fingerprint density at radius 2 is 1.79 bits per heavy atom. The van der Waals surface area contributed by atoms with E-state index in [4.69, 9.17) is 20.7 Å². The third kappa shape index (κ3) is 3.50. The lowest BCUT2D eigenvalue weighted by Gasteiger charge is -2.07. The molecule has 6 rings (SSSR count). The van der Waals surface area contributed by atoms with E-state index in [0.29, 0.717) is 13.1 Å². The molecule has 8 nitrogen and oxygen atoms in total. The quantitative estimate of drug-likeness (QED) is 0.427. The Morgan fingerprint density at radius 1 is 0.853 bits per heavy atom. The molecule has 0 amide bonds. The first kappa shape index (κ1) is 20.2. The first-order valence-electron chi connectivity index (χ1n) is 11.1. The Balaban J connectivity index is 1.52. The molecule has 6 aromatic heterocycles. The van der Waals surface area contributed by atoms with E-state index in [-0.39, 0.29) is 0 Å². The van der Waals surface area contributed by atoms with Crippen LogP contribution < -0.4 is 5.73 Å². The van der Waals surface area contributed by atoms with Gasteiger partial charge in [0.25, 0.3) is 0 Å². The summed E-state index contributed by atoms with van der Waals surface area (Å²) in [5.41, 5.74) is 14.3. The maximum absolute atomic E-state index is 5.65. The van der Waals surface area contributed by atoms with E-state index < -0.39 is 0 Å². The second-order valence-corrected chi connectivity index (χ2v) is 8.14. The van der Waals surface area contributed by atoms with Crippen LogP contribution >= 0.6 is 0 Å². The van der Waals surface area contributed by atoms with Crippen LogP contribution in [0.2, 0.25) is 0 Å². The summed E-state index contributed by atoms with van der Waals surface area (Å²) in [6.07, 6.45) is 7.66. The molecule has 0 unspecified atom stereocenters. The molecule has 6 heterocycles. The average Bonchev–Trinajstić information content (AvgIpc) is 3.49. The van der Waals surface area contributed by atoms with Gasteiger partial charge in [-0.25, -0.2) is 9.97 Å². The molecular weight excluding hydrogens is 424 g/mol. The van der Waals surface area contributed by atoms with Crippen molar-refractivity contribution >= 4 is 16.7 Å². The number of hydrogen-bond donors (Lipinski definition) is 1. The largest absolute Gasteiger partial charge is 0.329 e. The number of imidazole rings is 1. The van der Waals surface area contributed by atoms with Gasteiger partial charge in [0.1, 0.15) is 17.0 Å². The van der Waals surface area contributed by atoms with E-state index in [9.17, 15) is 0 Å². The zero-order chi connectivity index (χ0) is 23.1.